The van der Waals surface area contributed by atoms with Crippen LogP contribution in [0.5, 0.6) is 0 Å². The molecule has 0 saturated heterocycles. The Morgan fingerprint density at radius 3 is 2.75 bits per heavy atom. The second-order valence-electron chi connectivity index (χ2n) is 4.54. The first-order valence-corrected chi connectivity index (χ1v) is 6.30. The second-order valence-corrected chi connectivity index (χ2v) is 4.54. The molecule has 1 unspecified atom stereocenters. The molecule has 0 aliphatic rings. The normalized spacial score (nSPS) is 11.8. The fraction of sp³-hybridized carbons (Fsp3) is 0.200. The highest BCUT2D eigenvalue weighted by Gasteiger charge is 2.07. The molecule has 1 aromatic carbocycles. The van der Waals surface area contributed by atoms with Gasteiger partial charge < -0.3 is 10.6 Å². The Labute approximate surface area is 117 Å². The van der Waals surface area contributed by atoms with Crippen LogP contribution < -0.4 is 10.6 Å². The summed E-state index contributed by atoms with van der Waals surface area (Å²) >= 11 is 0. The summed E-state index contributed by atoms with van der Waals surface area (Å²) in [6.07, 6.45) is 1.41. The molecule has 0 spiro atoms. The molecule has 0 saturated carbocycles. The number of benzene rings is 1. The van der Waals surface area contributed by atoms with Crippen LogP contribution in [-0.2, 0) is 4.79 Å². The lowest BCUT2D eigenvalue weighted by atomic mass is 10.1. The molecule has 1 aromatic heterocycles. The number of halogens is 1. The van der Waals surface area contributed by atoms with Gasteiger partial charge in [-0.05, 0) is 30.7 Å². The summed E-state index contributed by atoms with van der Waals surface area (Å²) in [5.41, 5.74) is 2.40. The fourth-order valence-corrected chi connectivity index (χ4v) is 1.91. The van der Waals surface area contributed by atoms with Gasteiger partial charge >= 0.3 is 0 Å². The number of carbonyl (C=O) groups excluding carboxylic acids is 1. The number of pyridine rings is 1. The molecule has 4 nitrogen and oxygen atoms in total. The summed E-state index contributed by atoms with van der Waals surface area (Å²) in [6.45, 7) is 3.43. The third-order valence-electron chi connectivity index (χ3n) is 2.82. The van der Waals surface area contributed by atoms with Crippen molar-refractivity contribution in [3.05, 3.63) is 54.1 Å². The van der Waals surface area contributed by atoms with Gasteiger partial charge in [-0.1, -0.05) is 12.1 Å². The van der Waals surface area contributed by atoms with Gasteiger partial charge in [0.2, 0.25) is 11.9 Å². The average molecular weight is 273 g/mol. The molecule has 20 heavy (non-hydrogen) atoms. The van der Waals surface area contributed by atoms with Crippen LogP contribution in [0.15, 0.2) is 42.6 Å². The molecule has 0 aliphatic carbocycles. The maximum atomic E-state index is 13.0. The van der Waals surface area contributed by atoms with Crippen LogP contribution in [0.3, 0.4) is 0 Å². The molecular weight excluding hydrogens is 257 g/mol. The van der Waals surface area contributed by atoms with Gasteiger partial charge in [0, 0.05) is 36.6 Å². The lowest BCUT2D eigenvalue weighted by molar-refractivity contribution is -0.114. The molecule has 104 valence electrons. The lowest BCUT2D eigenvalue weighted by Crippen LogP contribution is -2.09. The number of rotatable bonds is 4. The topological polar surface area (TPSA) is 54.0 Å². The smallest absolute Gasteiger partial charge is 0.221 e. The molecule has 0 bridgehead atoms. The minimum absolute atomic E-state index is 0.0227. The van der Waals surface area contributed by atoms with Crippen molar-refractivity contribution in [3.63, 3.8) is 0 Å². The first-order valence-electron chi connectivity index (χ1n) is 6.30. The predicted octanol–water partition coefficient (Wildman–Crippen LogP) is 3.35. The van der Waals surface area contributed by atoms with Gasteiger partial charge in [0.25, 0.3) is 0 Å². The molecule has 5 heteroatoms. The summed E-state index contributed by atoms with van der Waals surface area (Å²) in [7, 11) is 0. The van der Waals surface area contributed by atoms with Crippen LogP contribution >= 0.6 is 0 Å². The van der Waals surface area contributed by atoms with Crippen molar-refractivity contribution in [3.8, 4) is 0 Å². The van der Waals surface area contributed by atoms with E-state index in [1.165, 1.54) is 19.2 Å². The summed E-state index contributed by atoms with van der Waals surface area (Å²) in [5.74, 6) is -0.631. The van der Waals surface area contributed by atoms with E-state index in [1.807, 2.05) is 31.2 Å². The highest BCUT2D eigenvalue weighted by atomic mass is 19.1. The van der Waals surface area contributed by atoms with Crippen molar-refractivity contribution >= 4 is 17.3 Å². The van der Waals surface area contributed by atoms with Crippen LogP contribution in [0.25, 0.3) is 0 Å². The quantitative estimate of drug-likeness (QED) is 0.840. The Morgan fingerprint density at radius 1 is 1.25 bits per heavy atom. The predicted molar refractivity (Wildman–Crippen MR) is 77.0 cm³/mol. The van der Waals surface area contributed by atoms with Crippen molar-refractivity contribution < 1.29 is 9.18 Å². The zero-order valence-corrected chi connectivity index (χ0v) is 11.4. The van der Waals surface area contributed by atoms with E-state index in [0.29, 0.717) is 5.69 Å². The molecule has 2 aromatic rings. The van der Waals surface area contributed by atoms with E-state index in [9.17, 15) is 9.18 Å². The van der Waals surface area contributed by atoms with Gasteiger partial charge in [0.1, 0.15) is 0 Å². The highest BCUT2D eigenvalue weighted by Crippen LogP contribution is 2.21. The number of anilines is 2. The average Bonchev–Trinajstić information content (AvgIpc) is 2.38. The summed E-state index contributed by atoms with van der Waals surface area (Å²) < 4.78 is 13.0. The maximum Gasteiger partial charge on any atom is 0.221 e. The van der Waals surface area contributed by atoms with Gasteiger partial charge in [-0.2, -0.15) is 4.39 Å². The zero-order valence-electron chi connectivity index (χ0n) is 11.4. The molecule has 2 rings (SSSR count). The van der Waals surface area contributed by atoms with Gasteiger partial charge in [-0.25, -0.2) is 4.98 Å². The molecule has 1 amide bonds. The van der Waals surface area contributed by atoms with Crippen LogP contribution in [-0.4, -0.2) is 10.9 Å². The van der Waals surface area contributed by atoms with E-state index in [2.05, 4.69) is 15.6 Å². The van der Waals surface area contributed by atoms with Crippen molar-refractivity contribution in [2.45, 2.75) is 19.9 Å². The lowest BCUT2D eigenvalue weighted by Gasteiger charge is -2.16. The number of hydrogen-bond acceptors (Lipinski definition) is 3. The molecule has 1 atom stereocenters. The summed E-state index contributed by atoms with van der Waals surface area (Å²) in [4.78, 5) is 14.6. The molecule has 0 fully saturated rings. The molecular formula is C15H16FN3O. The Kier molecular flexibility index (Phi) is 4.30. The second kappa shape index (κ2) is 6.14. The van der Waals surface area contributed by atoms with E-state index in [0.717, 1.165) is 11.3 Å². The first kappa shape index (κ1) is 14.0. The van der Waals surface area contributed by atoms with E-state index in [-0.39, 0.29) is 11.9 Å². The fourth-order valence-electron chi connectivity index (χ4n) is 1.91. The van der Waals surface area contributed by atoms with E-state index >= 15 is 0 Å². The molecule has 0 aliphatic heterocycles. The molecule has 2 N–H and O–H groups in total. The SMILES string of the molecule is CC(=O)Nc1cccc(C(C)Nc2ccnc(F)c2)c1. The Morgan fingerprint density at radius 2 is 2.05 bits per heavy atom. The van der Waals surface area contributed by atoms with Crippen LogP contribution in [0.1, 0.15) is 25.5 Å². The van der Waals surface area contributed by atoms with Crippen molar-refractivity contribution in [1.29, 1.82) is 0 Å². The Balaban J connectivity index is 2.12. The molecule has 0 radical (unpaired) electrons. The van der Waals surface area contributed by atoms with Gasteiger partial charge in [-0.3, -0.25) is 4.79 Å². The van der Waals surface area contributed by atoms with Crippen molar-refractivity contribution in [1.82, 2.24) is 4.98 Å². The largest absolute Gasteiger partial charge is 0.378 e. The Hall–Kier alpha value is -2.43. The zero-order chi connectivity index (χ0) is 14.5. The van der Waals surface area contributed by atoms with Crippen molar-refractivity contribution in [2.75, 3.05) is 10.6 Å². The van der Waals surface area contributed by atoms with E-state index in [1.54, 1.807) is 6.07 Å². The number of nitrogens with one attached hydrogen (secondary N) is 2. The van der Waals surface area contributed by atoms with Gasteiger partial charge in [0.05, 0.1) is 0 Å². The van der Waals surface area contributed by atoms with E-state index < -0.39 is 5.95 Å². The monoisotopic (exact) mass is 273 g/mol. The third kappa shape index (κ3) is 3.78. The van der Waals surface area contributed by atoms with Gasteiger partial charge in [0.15, 0.2) is 0 Å². The minimum atomic E-state index is -0.519. The number of nitrogens with zero attached hydrogens (tertiary/aromatic N) is 1. The van der Waals surface area contributed by atoms with Gasteiger partial charge in [-0.15, -0.1) is 0 Å². The summed E-state index contributed by atoms with van der Waals surface area (Å²) in [6, 6.07) is 10.5. The first-order chi connectivity index (χ1) is 9.54. The van der Waals surface area contributed by atoms with E-state index in [4.69, 9.17) is 0 Å². The number of amides is 1. The standard InChI is InChI=1S/C15H16FN3O/c1-10(18-14-6-7-17-15(16)9-14)12-4-3-5-13(8-12)19-11(2)20/h3-10H,1-2H3,(H,17,18)(H,19,20). The third-order valence-corrected chi connectivity index (χ3v) is 2.82. The van der Waals surface area contributed by atoms with Crippen LogP contribution in [0.4, 0.5) is 15.8 Å². The maximum absolute atomic E-state index is 13.0. The van der Waals surface area contributed by atoms with Crippen LogP contribution in [0, 0.1) is 5.95 Å². The van der Waals surface area contributed by atoms with Crippen LogP contribution in [0.2, 0.25) is 0 Å². The number of hydrogen-bond donors (Lipinski definition) is 2. The molecule has 1 heterocycles. The van der Waals surface area contributed by atoms with Crippen molar-refractivity contribution in [2.24, 2.45) is 0 Å². The highest BCUT2D eigenvalue weighted by molar-refractivity contribution is 5.88. The summed E-state index contributed by atoms with van der Waals surface area (Å²) in [5, 5.41) is 5.92. The Bertz CT molecular complexity index is 616. The number of aromatic nitrogens is 1. The minimum Gasteiger partial charge on any atom is -0.378 e. The number of carbonyl (C=O) groups is 1.